The number of likely N-dealkylation sites (tertiary alicyclic amines) is 1. The third-order valence-electron chi connectivity index (χ3n) is 5.40. The van der Waals surface area contributed by atoms with Crippen LogP contribution in [0.2, 0.25) is 0 Å². The summed E-state index contributed by atoms with van der Waals surface area (Å²) >= 11 is 0. The number of rotatable bonds is 2. The van der Waals surface area contributed by atoms with Crippen molar-refractivity contribution in [3.05, 3.63) is 35.9 Å². The van der Waals surface area contributed by atoms with E-state index in [0.717, 1.165) is 57.2 Å². The first-order chi connectivity index (χ1) is 10.2. The molecule has 3 nitrogen and oxygen atoms in total. The van der Waals surface area contributed by atoms with Crippen LogP contribution < -0.4 is 0 Å². The van der Waals surface area contributed by atoms with Gasteiger partial charge in [-0.15, -0.1) is 0 Å². The van der Waals surface area contributed by atoms with Crippen LogP contribution in [0.5, 0.6) is 0 Å². The van der Waals surface area contributed by atoms with Crippen LogP contribution >= 0.6 is 0 Å². The fraction of sp³-hybridized carbons (Fsp3) is 0.611. The Morgan fingerprint density at radius 3 is 2.14 bits per heavy atom. The Kier molecular flexibility index (Phi) is 4.01. The van der Waals surface area contributed by atoms with Crippen molar-refractivity contribution in [1.82, 2.24) is 4.90 Å². The van der Waals surface area contributed by atoms with Gasteiger partial charge < -0.3 is 5.11 Å². The molecule has 2 aliphatic rings. The van der Waals surface area contributed by atoms with Gasteiger partial charge >= 0.3 is 0 Å². The summed E-state index contributed by atoms with van der Waals surface area (Å²) in [6, 6.07) is 12.6. The molecule has 0 radical (unpaired) electrons. The number of hydrogen-bond acceptors (Lipinski definition) is 3. The van der Waals surface area contributed by atoms with Gasteiger partial charge in [-0.2, -0.15) is 5.26 Å². The lowest BCUT2D eigenvalue weighted by Gasteiger charge is -2.47. The summed E-state index contributed by atoms with van der Waals surface area (Å²) in [6.07, 6.45) is 7.01. The molecular weight excluding hydrogens is 260 g/mol. The average molecular weight is 284 g/mol. The molecule has 0 spiro atoms. The van der Waals surface area contributed by atoms with E-state index in [4.69, 9.17) is 0 Å². The molecular formula is C18H24N2O. The fourth-order valence-corrected chi connectivity index (χ4v) is 3.98. The normalized spacial score (nSPS) is 25.1. The van der Waals surface area contributed by atoms with Crippen LogP contribution in [0.3, 0.4) is 0 Å². The Labute approximate surface area is 127 Å². The second-order valence-electron chi connectivity index (χ2n) is 6.59. The van der Waals surface area contributed by atoms with Crippen LogP contribution in [0.25, 0.3) is 0 Å². The highest BCUT2D eigenvalue weighted by molar-refractivity contribution is 5.23. The second-order valence-corrected chi connectivity index (χ2v) is 6.59. The highest BCUT2D eigenvalue weighted by Crippen LogP contribution is 2.39. The largest absolute Gasteiger partial charge is 0.385 e. The first-order valence-electron chi connectivity index (χ1n) is 8.13. The number of hydrogen-bond donors (Lipinski definition) is 1. The number of nitrogens with zero attached hydrogens (tertiary/aromatic N) is 2. The third kappa shape index (κ3) is 2.71. The fourth-order valence-electron chi connectivity index (χ4n) is 3.98. The van der Waals surface area contributed by atoms with Gasteiger partial charge in [0.25, 0.3) is 0 Å². The summed E-state index contributed by atoms with van der Waals surface area (Å²) in [5.74, 6) is 0. The number of aliphatic hydroxyl groups is 1. The summed E-state index contributed by atoms with van der Waals surface area (Å²) in [5, 5.41) is 20.6. The summed E-state index contributed by atoms with van der Waals surface area (Å²) in [5.41, 5.74) is 0.0265. The number of nitriles is 1. The van der Waals surface area contributed by atoms with Crippen LogP contribution in [-0.4, -0.2) is 28.6 Å². The van der Waals surface area contributed by atoms with Gasteiger partial charge in [0.1, 0.15) is 5.54 Å². The van der Waals surface area contributed by atoms with Crippen molar-refractivity contribution < 1.29 is 5.11 Å². The minimum Gasteiger partial charge on any atom is -0.385 e. The van der Waals surface area contributed by atoms with Gasteiger partial charge in [0.05, 0.1) is 11.7 Å². The van der Waals surface area contributed by atoms with E-state index in [9.17, 15) is 10.4 Å². The van der Waals surface area contributed by atoms with E-state index >= 15 is 0 Å². The molecule has 1 saturated heterocycles. The molecule has 1 aliphatic carbocycles. The predicted molar refractivity (Wildman–Crippen MR) is 82.6 cm³/mol. The van der Waals surface area contributed by atoms with Gasteiger partial charge in [-0.3, -0.25) is 4.90 Å². The molecule has 112 valence electrons. The highest BCUT2D eigenvalue weighted by atomic mass is 16.3. The van der Waals surface area contributed by atoms with Crippen molar-refractivity contribution in [3.63, 3.8) is 0 Å². The van der Waals surface area contributed by atoms with Gasteiger partial charge in [0.15, 0.2) is 0 Å². The van der Waals surface area contributed by atoms with Gasteiger partial charge in [-0.25, -0.2) is 0 Å². The molecule has 0 unspecified atom stereocenters. The Balaban J connectivity index is 1.71. The Morgan fingerprint density at radius 2 is 1.57 bits per heavy atom. The van der Waals surface area contributed by atoms with E-state index in [1.165, 1.54) is 6.42 Å². The molecule has 21 heavy (non-hydrogen) atoms. The van der Waals surface area contributed by atoms with Crippen LogP contribution in [0.15, 0.2) is 30.3 Å². The monoisotopic (exact) mass is 284 g/mol. The smallest absolute Gasteiger partial charge is 0.109 e. The van der Waals surface area contributed by atoms with E-state index in [1.54, 1.807) is 0 Å². The van der Waals surface area contributed by atoms with E-state index in [0.29, 0.717) is 0 Å². The van der Waals surface area contributed by atoms with Crippen LogP contribution in [0, 0.1) is 11.3 Å². The van der Waals surface area contributed by atoms with Gasteiger partial charge in [0, 0.05) is 13.1 Å². The third-order valence-corrected chi connectivity index (χ3v) is 5.40. The lowest BCUT2D eigenvalue weighted by molar-refractivity contribution is -0.0515. The average Bonchev–Trinajstić information content (AvgIpc) is 2.57. The van der Waals surface area contributed by atoms with E-state index in [-0.39, 0.29) is 5.54 Å². The van der Waals surface area contributed by atoms with E-state index < -0.39 is 5.60 Å². The highest BCUT2D eigenvalue weighted by Gasteiger charge is 2.43. The van der Waals surface area contributed by atoms with Crippen molar-refractivity contribution in [2.75, 3.05) is 13.1 Å². The topological polar surface area (TPSA) is 47.3 Å². The quantitative estimate of drug-likeness (QED) is 0.907. The van der Waals surface area contributed by atoms with E-state index in [1.807, 2.05) is 30.3 Å². The standard InChI is InChI=1S/C18H24N2O/c19-15-17(9-5-2-6-10-17)20-13-11-18(21,12-14-20)16-7-3-1-4-8-16/h1,3-4,7-8,21H,2,5-6,9-14H2. The van der Waals surface area contributed by atoms with Gasteiger partial charge in [-0.1, -0.05) is 49.6 Å². The zero-order valence-corrected chi connectivity index (χ0v) is 12.6. The molecule has 1 saturated carbocycles. The SMILES string of the molecule is N#CC1(N2CCC(O)(c3ccccc3)CC2)CCCCC1. The Morgan fingerprint density at radius 1 is 0.952 bits per heavy atom. The van der Waals surface area contributed by atoms with Crippen molar-refractivity contribution in [2.24, 2.45) is 0 Å². The minimum atomic E-state index is -0.719. The molecule has 1 aromatic rings. The summed E-state index contributed by atoms with van der Waals surface area (Å²) in [7, 11) is 0. The summed E-state index contributed by atoms with van der Waals surface area (Å²) < 4.78 is 0. The van der Waals surface area contributed by atoms with Crippen LogP contribution in [0.1, 0.15) is 50.5 Å². The molecule has 1 N–H and O–H groups in total. The molecule has 2 fully saturated rings. The zero-order valence-electron chi connectivity index (χ0n) is 12.6. The van der Waals surface area contributed by atoms with Crippen molar-refractivity contribution in [1.29, 1.82) is 5.26 Å². The predicted octanol–water partition coefficient (Wildman–Crippen LogP) is 3.20. The molecule has 0 bridgehead atoms. The molecule has 1 aliphatic heterocycles. The van der Waals surface area contributed by atoms with Crippen LogP contribution in [-0.2, 0) is 5.60 Å². The van der Waals surface area contributed by atoms with E-state index in [2.05, 4.69) is 11.0 Å². The van der Waals surface area contributed by atoms with Crippen LogP contribution in [0.4, 0.5) is 0 Å². The maximum Gasteiger partial charge on any atom is 0.109 e. The number of piperidine rings is 1. The van der Waals surface area contributed by atoms with Gasteiger partial charge in [-0.05, 0) is 31.2 Å². The zero-order chi connectivity index (χ0) is 14.8. The summed E-state index contributed by atoms with van der Waals surface area (Å²) in [4.78, 5) is 2.34. The van der Waals surface area contributed by atoms with Crippen molar-refractivity contribution in [2.45, 2.75) is 56.1 Å². The van der Waals surface area contributed by atoms with Crippen molar-refractivity contribution in [3.8, 4) is 6.07 Å². The molecule has 0 amide bonds. The molecule has 3 rings (SSSR count). The van der Waals surface area contributed by atoms with Crippen molar-refractivity contribution >= 4 is 0 Å². The first-order valence-corrected chi connectivity index (χ1v) is 8.13. The second kappa shape index (κ2) is 5.79. The van der Waals surface area contributed by atoms with Gasteiger partial charge in [0.2, 0.25) is 0 Å². The molecule has 0 aromatic heterocycles. The maximum absolute atomic E-state index is 10.9. The maximum atomic E-state index is 10.9. The minimum absolute atomic E-state index is 0.268. The lowest BCUT2D eigenvalue weighted by atomic mass is 9.77. The molecule has 0 atom stereocenters. The lowest BCUT2D eigenvalue weighted by Crippen LogP contribution is -2.54. The molecule has 3 heteroatoms. The summed E-state index contributed by atoms with van der Waals surface area (Å²) in [6.45, 7) is 1.64. The number of benzene rings is 1. The Hall–Kier alpha value is -1.37. The molecule has 1 aromatic carbocycles. The Bertz CT molecular complexity index is 506. The first kappa shape index (κ1) is 14.6. The molecule has 1 heterocycles.